The number of nitrogens with one attached hydrogen (secondary N) is 1. The molecule has 1 amide bonds. The largest absolute Gasteiger partial charge is 0.416 e. The molecule has 4 nitrogen and oxygen atoms in total. The van der Waals surface area contributed by atoms with E-state index < -0.39 is 17.6 Å². The van der Waals surface area contributed by atoms with Crippen molar-refractivity contribution in [3.05, 3.63) is 108 Å². The molecule has 0 aliphatic heterocycles. The summed E-state index contributed by atoms with van der Waals surface area (Å²) >= 11 is 0. The van der Waals surface area contributed by atoms with Gasteiger partial charge in [0.1, 0.15) is 0 Å². The quantitative estimate of drug-likeness (QED) is 0.463. The number of carbonyl (C=O) groups excluding carboxylic acids is 1. The van der Waals surface area contributed by atoms with E-state index in [1.54, 1.807) is 4.68 Å². The lowest BCUT2D eigenvalue weighted by Crippen LogP contribution is -2.23. The van der Waals surface area contributed by atoms with Crippen molar-refractivity contribution in [1.29, 1.82) is 0 Å². The molecule has 7 heteroatoms. The van der Waals surface area contributed by atoms with Crippen molar-refractivity contribution < 1.29 is 18.0 Å². The van der Waals surface area contributed by atoms with E-state index in [2.05, 4.69) is 10.4 Å². The van der Waals surface area contributed by atoms with Gasteiger partial charge in [-0.2, -0.15) is 18.3 Å². The topological polar surface area (TPSA) is 46.9 Å². The monoisotopic (exact) mass is 421 g/mol. The second-order valence-electron chi connectivity index (χ2n) is 6.91. The Labute approximate surface area is 177 Å². The summed E-state index contributed by atoms with van der Waals surface area (Å²) in [7, 11) is 0. The zero-order chi connectivity index (χ0) is 21.8. The van der Waals surface area contributed by atoms with E-state index in [1.807, 2.05) is 66.9 Å². The minimum Gasteiger partial charge on any atom is -0.348 e. The fourth-order valence-electron chi connectivity index (χ4n) is 3.21. The molecule has 4 rings (SSSR count). The maximum Gasteiger partial charge on any atom is 0.416 e. The molecule has 1 aromatic heterocycles. The number of amides is 1. The van der Waals surface area contributed by atoms with Gasteiger partial charge in [-0.3, -0.25) is 4.79 Å². The van der Waals surface area contributed by atoms with Crippen LogP contribution < -0.4 is 5.32 Å². The Hall–Kier alpha value is -3.87. The van der Waals surface area contributed by atoms with Crippen molar-refractivity contribution in [1.82, 2.24) is 15.1 Å². The highest BCUT2D eigenvalue weighted by atomic mass is 19.4. The summed E-state index contributed by atoms with van der Waals surface area (Å²) in [6.07, 6.45) is -2.70. The molecule has 156 valence electrons. The highest BCUT2D eigenvalue weighted by molar-refractivity contribution is 5.94. The normalized spacial score (nSPS) is 11.3. The highest BCUT2D eigenvalue weighted by Crippen LogP contribution is 2.29. The van der Waals surface area contributed by atoms with Crippen molar-refractivity contribution in [3.8, 4) is 16.9 Å². The fraction of sp³-hybridized carbons (Fsp3) is 0.0833. The van der Waals surface area contributed by atoms with Gasteiger partial charge in [-0.25, -0.2) is 4.68 Å². The van der Waals surface area contributed by atoms with Crippen molar-refractivity contribution in [3.63, 3.8) is 0 Å². The molecule has 0 aliphatic rings. The Balaban J connectivity index is 1.61. The predicted molar refractivity (Wildman–Crippen MR) is 112 cm³/mol. The molecular weight excluding hydrogens is 403 g/mol. The van der Waals surface area contributed by atoms with Crippen LogP contribution in [0.5, 0.6) is 0 Å². The van der Waals surface area contributed by atoms with E-state index in [9.17, 15) is 18.0 Å². The van der Waals surface area contributed by atoms with Crippen LogP contribution in [-0.2, 0) is 12.7 Å². The number of benzene rings is 3. The summed E-state index contributed by atoms with van der Waals surface area (Å²) in [5.41, 5.74) is 2.26. The smallest absolute Gasteiger partial charge is 0.348 e. The third-order valence-corrected chi connectivity index (χ3v) is 4.75. The minimum absolute atomic E-state index is 0.0495. The average Bonchev–Trinajstić information content (AvgIpc) is 3.22. The zero-order valence-electron chi connectivity index (χ0n) is 16.3. The molecule has 31 heavy (non-hydrogen) atoms. The Kier molecular flexibility index (Phi) is 5.58. The summed E-state index contributed by atoms with van der Waals surface area (Å²) in [5.74, 6) is -0.586. The number of alkyl halides is 3. The lowest BCUT2D eigenvalue weighted by Gasteiger charge is -2.09. The first-order chi connectivity index (χ1) is 14.9. The van der Waals surface area contributed by atoms with Crippen LogP contribution in [0.4, 0.5) is 13.2 Å². The van der Waals surface area contributed by atoms with Gasteiger partial charge < -0.3 is 5.32 Å². The Bertz CT molecular complexity index is 1190. The molecule has 0 saturated heterocycles. The van der Waals surface area contributed by atoms with Crippen molar-refractivity contribution in [2.24, 2.45) is 0 Å². The van der Waals surface area contributed by atoms with Crippen LogP contribution in [0, 0.1) is 0 Å². The number of aromatic nitrogens is 2. The zero-order valence-corrected chi connectivity index (χ0v) is 16.3. The van der Waals surface area contributed by atoms with Crippen molar-refractivity contribution in [2.45, 2.75) is 12.7 Å². The second-order valence-corrected chi connectivity index (χ2v) is 6.91. The molecule has 1 heterocycles. The molecular formula is C24H18F3N3O. The highest BCUT2D eigenvalue weighted by Gasteiger charge is 2.30. The van der Waals surface area contributed by atoms with E-state index in [-0.39, 0.29) is 12.1 Å². The molecule has 0 aliphatic carbocycles. The van der Waals surface area contributed by atoms with Gasteiger partial charge in [-0.15, -0.1) is 0 Å². The van der Waals surface area contributed by atoms with E-state index in [0.717, 1.165) is 28.9 Å². The van der Waals surface area contributed by atoms with Crippen LogP contribution >= 0.6 is 0 Å². The third kappa shape index (κ3) is 4.66. The lowest BCUT2D eigenvalue weighted by atomic mass is 10.1. The van der Waals surface area contributed by atoms with Crippen LogP contribution in [0.2, 0.25) is 0 Å². The SMILES string of the molecule is O=C(NCc1cn(-c2ccccc2)nc1-c1ccccc1)c1cccc(C(F)(F)F)c1. The number of hydrogen-bond donors (Lipinski definition) is 1. The van der Waals surface area contributed by atoms with Gasteiger partial charge in [0.05, 0.1) is 16.9 Å². The Morgan fingerprint density at radius 1 is 0.903 bits per heavy atom. The molecule has 4 aromatic rings. The molecule has 0 radical (unpaired) electrons. The molecule has 0 fully saturated rings. The predicted octanol–water partition coefficient (Wildman–Crippen LogP) is 5.49. The number of rotatable bonds is 5. The van der Waals surface area contributed by atoms with Crippen molar-refractivity contribution in [2.75, 3.05) is 0 Å². The van der Waals surface area contributed by atoms with E-state index in [1.165, 1.54) is 12.1 Å². The van der Waals surface area contributed by atoms with Gasteiger partial charge in [-0.1, -0.05) is 54.6 Å². The van der Waals surface area contributed by atoms with Gasteiger partial charge in [0.15, 0.2) is 0 Å². The van der Waals surface area contributed by atoms with Crippen LogP contribution in [0.1, 0.15) is 21.5 Å². The number of hydrogen-bond acceptors (Lipinski definition) is 2. The molecule has 1 N–H and O–H groups in total. The fourth-order valence-corrected chi connectivity index (χ4v) is 3.21. The first-order valence-electron chi connectivity index (χ1n) is 9.56. The van der Waals surface area contributed by atoms with Gasteiger partial charge in [0, 0.05) is 29.4 Å². The van der Waals surface area contributed by atoms with E-state index in [0.29, 0.717) is 5.69 Å². The Morgan fingerprint density at radius 2 is 1.58 bits per heavy atom. The summed E-state index contributed by atoms with van der Waals surface area (Å²) in [5, 5.41) is 7.37. The first-order valence-corrected chi connectivity index (χ1v) is 9.56. The molecule has 0 unspecified atom stereocenters. The summed E-state index contributed by atoms with van der Waals surface area (Å²) in [6.45, 7) is 0.117. The average molecular weight is 421 g/mol. The van der Waals surface area contributed by atoms with E-state index in [4.69, 9.17) is 0 Å². The molecule has 3 aromatic carbocycles. The van der Waals surface area contributed by atoms with Gasteiger partial charge in [0.2, 0.25) is 0 Å². The van der Waals surface area contributed by atoms with Crippen LogP contribution in [0.25, 0.3) is 16.9 Å². The number of halogens is 3. The van der Waals surface area contributed by atoms with Gasteiger partial charge in [0.25, 0.3) is 5.91 Å². The summed E-state index contributed by atoms with van der Waals surface area (Å²) in [4.78, 5) is 12.5. The summed E-state index contributed by atoms with van der Waals surface area (Å²) < 4.78 is 40.5. The van der Waals surface area contributed by atoms with Gasteiger partial charge in [-0.05, 0) is 30.3 Å². The van der Waals surface area contributed by atoms with Crippen LogP contribution in [0.15, 0.2) is 91.1 Å². The van der Waals surface area contributed by atoms with Crippen LogP contribution in [0.3, 0.4) is 0 Å². The molecule has 0 saturated carbocycles. The van der Waals surface area contributed by atoms with E-state index >= 15 is 0 Å². The molecule has 0 atom stereocenters. The van der Waals surface area contributed by atoms with Crippen LogP contribution in [-0.4, -0.2) is 15.7 Å². The molecule has 0 bridgehead atoms. The number of carbonyl (C=O) groups is 1. The maximum absolute atomic E-state index is 12.9. The Morgan fingerprint density at radius 3 is 2.26 bits per heavy atom. The first kappa shape index (κ1) is 20.4. The third-order valence-electron chi connectivity index (χ3n) is 4.75. The number of nitrogens with zero attached hydrogens (tertiary/aromatic N) is 2. The lowest BCUT2D eigenvalue weighted by molar-refractivity contribution is -0.137. The molecule has 0 spiro atoms. The summed E-state index contributed by atoms with van der Waals surface area (Å²) in [6, 6.07) is 23.4. The number of para-hydroxylation sites is 1. The maximum atomic E-state index is 12.9. The minimum atomic E-state index is -4.51. The van der Waals surface area contributed by atoms with Gasteiger partial charge >= 0.3 is 6.18 Å². The standard InChI is InChI=1S/C24H18F3N3O/c25-24(26,27)20-11-7-10-18(14-20)23(31)28-15-19-16-30(21-12-5-2-6-13-21)29-22(19)17-8-3-1-4-9-17/h1-14,16H,15H2,(H,28,31). The second kappa shape index (κ2) is 8.47. The van der Waals surface area contributed by atoms with Crippen molar-refractivity contribution >= 4 is 5.91 Å².